The first kappa shape index (κ1) is 11.1. The fourth-order valence-corrected chi connectivity index (χ4v) is 2.14. The highest BCUT2D eigenvalue weighted by Crippen LogP contribution is 2.22. The predicted molar refractivity (Wildman–Crippen MR) is 66.0 cm³/mol. The standard InChI is InChI=1S/C13H18N2O/c1-11-2-3-12(4-9-16)13(10-11)15-7-5-14-6-8-15/h2-3,9-10,14H,4-8H2,1H3. The molecule has 1 saturated heterocycles. The van der Waals surface area contributed by atoms with Crippen LogP contribution < -0.4 is 10.2 Å². The average Bonchev–Trinajstić information content (AvgIpc) is 2.33. The SMILES string of the molecule is Cc1ccc(CC=O)c(N2CCNCC2)c1. The van der Waals surface area contributed by atoms with E-state index in [0.29, 0.717) is 6.42 Å². The van der Waals surface area contributed by atoms with Gasteiger partial charge in [-0.1, -0.05) is 12.1 Å². The minimum atomic E-state index is 0.513. The summed E-state index contributed by atoms with van der Waals surface area (Å²) in [4.78, 5) is 13.0. The maximum absolute atomic E-state index is 10.7. The third-order valence-electron chi connectivity index (χ3n) is 3.00. The van der Waals surface area contributed by atoms with Gasteiger partial charge in [0.05, 0.1) is 0 Å². The number of aldehydes is 1. The summed E-state index contributed by atoms with van der Waals surface area (Å²) in [5, 5.41) is 3.34. The molecule has 0 aliphatic carbocycles. The molecule has 0 aromatic heterocycles. The maximum atomic E-state index is 10.7. The van der Waals surface area contributed by atoms with Gasteiger partial charge in [-0.05, 0) is 24.1 Å². The third kappa shape index (κ3) is 2.42. The van der Waals surface area contributed by atoms with Crippen molar-refractivity contribution in [3.63, 3.8) is 0 Å². The Morgan fingerprint density at radius 2 is 2.12 bits per heavy atom. The van der Waals surface area contributed by atoms with Gasteiger partial charge in [-0.15, -0.1) is 0 Å². The predicted octanol–water partition coefficient (Wildman–Crippen LogP) is 1.15. The van der Waals surface area contributed by atoms with E-state index < -0.39 is 0 Å². The van der Waals surface area contributed by atoms with Crippen LogP contribution in [0, 0.1) is 6.92 Å². The number of aryl methyl sites for hydroxylation is 1. The van der Waals surface area contributed by atoms with E-state index >= 15 is 0 Å². The first-order chi connectivity index (χ1) is 7.81. The van der Waals surface area contributed by atoms with Crippen molar-refractivity contribution in [1.82, 2.24) is 5.32 Å². The van der Waals surface area contributed by atoms with Crippen molar-refractivity contribution in [2.45, 2.75) is 13.3 Å². The molecule has 0 atom stereocenters. The maximum Gasteiger partial charge on any atom is 0.124 e. The number of piperazine rings is 1. The topological polar surface area (TPSA) is 32.3 Å². The van der Waals surface area contributed by atoms with Crippen LogP contribution in [0.1, 0.15) is 11.1 Å². The lowest BCUT2D eigenvalue weighted by atomic mass is 10.1. The molecule has 0 saturated carbocycles. The largest absolute Gasteiger partial charge is 0.369 e. The summed E-state index contributed by atoms with van der Waals surface area (Å²) < 4.78 is 0. The zero-order valence-corrected chi connectivity index (χ0v) is 9.70. The van der Waals surface area contributed by atoms with Gasteiger partial charge in [0.25, 0.3) is 0 Å². The Kier molecular flexibility index (Phi) is 3.57. The molecule has 1 N–H and O–H groups in total. The molecule has 86 valence electrons. The van der Waals surface area contributed by atoms with Gasteiger partial charge in [0.15, 0.2) is 0 Å². The van der Waals surface area contributed by atoms with Gasteiger partial charge in [0, 0.05) is 38.3 Å². The number of carbonyl (C=O) groups excluding carboxylic acids is 1. The Hall–Kier alpha value is -1.35. The first-order valence-corrected chi connectivity index (χ1v) is 5.80. The smallest absolute Gasteiger partial charge is 0.124 e. The summed E-state index contributed by atoms with van der Waals surface area (Å²) in [7, 11) is 0. The monoisotopic (exact) mass is 218 g/mol. The van der Waals surface area contributed by atoms with E-state index in [4.69, 9.17) is 0 Å². The van der Waals surface area contributed by atoms with Crippen LogP contribution >= 0.6 is 0 Å². The molecule has 0 amide bonds. The summed E-state index contributed by atoms with van der Waals surface area (Å²) in [5.74, 6) is 0. The number of rotatable bonds is 3. The van der Waals surface area contributed by atoms with Gasteiger partial charge in [-0.2, -0.15) is 0 Å². The van der Waals surface area contributed by atoms with Crippen LogP contribution in [0.4, 0.5) is 5.69 Å². The van der Waals surface area contributed by atoms with Crippen LogP contribution in [0.2, 0.25) is 0 Å². The van der Waals surface area contributed by atoms with Crippen LogP contribution in [0.3, 0.4) is 0 Å². The lowest BCUT2D eigenvalue weighted by Crippen LogP contribution is -2.43. The van der Waals surface area contributed by atoms with Crippen molar-refractivity contribution in [2.75, 3.05) is 31.1 Å². The molecule has 0 radical (unpaired) electrons. The summed E-state index contributed by atoms with van der Waals surface area (Å²) in [6.07, 6.45) is 1.50. The van der Waals surface area contributed by atoms with E-state index in [2.05, 4.69) is 35.3 Å². The molecular formula is C13H18N2O. The zero-order valence-electron chi connectivity index (χ0n) is 9.70. The van der Waals surface area contributed by atoms with Crippen LogP contribution in [0.5, 0.6) is 0 Å². The van der Waals surface area contributed by atoms with E-state index in [-0.39, 0.29) is 0 Å². The Labute approximate surface area is 96.5 Å². The average molecular weight is 218 g/mol. The Balaban J connectivity index is 2.27. The molecule has 1 aliphatic rings. The van der Waals surface area contributed by atoms with E-state index in [0.717, 1.165) is 38.0 Å². The second kappa shape index (κ2) is 5.12. The van der Waals surface area contributed by atoms with Crippen molar-refractivity contribution in [1.29, 1.82) is 0 Å². The van der Waals surface area contributed by atoms with Crippen LogP contribution in [-0.2, 0) is 11.2 Å². The van der Waals surface area contributed by atoms with Crippen LogP contribution in [-0.4, -0.2) is 32.5 Å². The number of hydrogen-bond donors (Lipinski definition) is 1. The fraction of sp³-hybridized carbons (Fsp3) is 0.462. The molecule has 16 heavy (non-hydrogen) atoms. The van der Waals surface area contributed by atoms with Crippen molar-refractivity contribution in [3.05, 3.63) is 29.3 Å². The molecule has 3 nitrogen and oxygen atoms in total. The first-order valence-electron chi connectivity index (χ1n) is 5.80. The van der Waals surface area contributed by atoms with Crippen molar-refractivity contribution in [3.8, 4) is 0 Å². The Morgan fingerprint density at radius 1 is 1.38 bits per heavy atom. The molecule has 1 aromatic rings. The minimum absolute atomic E-state index is 0.513. The number of carbonyl (C=O) groups is 1. The molecule has 1 aromatic carbocycles. The second-order valence-corrected chi connectivity index (χ2v) is 4.24. The highest BCUT2D eigenvalue weighted by molar-refractivity contribution is 5.64. The second-order valence-electron chi connectivity index (χ2n) is 4.24. The van der Waals surface area contributed by atoms with Gasteiger partial charge < -0.3 is 15.0 Å². The van der Waals surface area contributed by atoms with Gasteiger partial charge in [0.1, 0.15) is 6.29 Å². The number of nitrogens with zero attached hydrogens (tertiary/aromatic N) is 1. The normalized spacial score (nSPS) is 16.2. The summed E-state index contributed by atoms with van der Waals surface area (Å²) in [6.45, 7) is 6.18. The third-order valence-corrected chi connectivity index (χ3v) is 3.00. The summed E-state index contributed by atoms with van der Waals surface area (Å²) >= 11 is 0. The highest BCUT2D eigenvalue weighted by Gasteiger charge is 2.13. The molecule has 3 heteroatoms. The molecule has 0 bridgehead atoms. The minimum Gasteiger partial charge on any atom is -0.369 e. The van der Waals surface area contributed by atoms with Gasteiger partial charge in [-0.25, -0.2) is 0 Å². The van der Waals surface area contributed by atoms with Gasteiger partial charge in [0.2, 0.25) is 0 Å². The van der Waals surface area contributed by atoms with E-state index in [1.54, 1.807) is 0 Å². The fourth-order valence-electron chi connectivity index (χ4n) is 2.14. The number of anilines is 1. The molecule has 1 fully saturated rings. The van der Waals surface area contributed by atoms with Crippen molar-refractivity contribution < 1.29 is 4.79 Å². The molecule has 0 unspecified atom stereocenters. The lowest BCUT2D eigenvalue weighted by Gasteiger charge is -2.31. The lowest BCUT2D eigenvalue weighted by molar-refractivity contribution is -0.107. The number of hydrogen-bond acceptors (Lipinski definition) is 3. The number of nitrogens with one attached hydrogen (secondary N) is 1. The molecule has 2 rings (SSSR count). The Bertz CT molecular complexity index is 370. The van der Waals surface area contributed by atoms with Crippen LogP contribution in [0.15, 0.2) is 18.2 Å². The van der Waals surface area contributed by atoms with E-state index in [1.807, 2.05) is 0 Å². The summed E-state index contributed by atoms with van der Waals surface area (Å²) in [5.41, 5.74) is 3.62. The Morgan fingerprint density at radius 3 is 2.81 bits per heavy atom. The van der Waals surface area contributed by atoms with E-state index in [9.17, 15) is 4.79 Å². The van der Waals surface area contributed by atoms with Crippen LogP contribution in [0.25, 0.3) is 0 Å². The summed E-state index contributed by atoms with van der Waals surface area (Å²) in [6, 6.07) is 6.33. The van der Waals surface area contributed by atoms with Crippen molar-refractivity contribution in [2.24, 2.45) is 0 Å². The quantitative estimate of drug-likeness (QED) is 0.772. The molecular weight excluding hydrogens is 200 g/mol. The van der Waals surface area contributed by atoms with Gasteiger partial charge in [-0.3, -0.25) is 0 Å². The molecule has 0 spiro atoms. The highest BCUT2D eigenvalue weighted by atomic mass is 16.1. The van der Waals surface area contributed by atoms with Gasteiger partial charge >= 0.3 is 0 Å². The zero-order chi connectivity index (χ0) is 11.4. The van der Waals surface area contributed by atoms with E-state index in [1.165, 1.54) is 11.3 Å². The molecule has 1 heterocycles. The number of benzene rings is 1. The van der Waals surface area contributed by atoms with Crippen molar-refractivity contribution >= 4 is 12.0 Å². The molecule has 1 aliphatic heterocycles.